The molecule has 2 rings (SSSR count). The number of carbonyl (C=O) groups is 2. The van der Waals surface area contributed by atoms with Crippen molar-refractivity contribution >= 4 is 28.7 Å². The molecule has 10 heteroatoms. The van der Waals surface area contributed by atoms with Crippen molar-refractivity contribution in [2.24, 2.45) is 5.16 Å². The molecule has 9 nitrogen and oxygen atoms in total. The number of carboxylic acids is 2. The van der Waals surface area contributed by atoms with Gasteiger partial charge in [0.25, 0.3) is 0 Å². The van der Waals surface area contributed by atoms with Gasteiger partial charge >= 0.3 is 11.9 Å². The first kappa shape index (κ1) is 23.5. The zero-order valence-corrected chi connectivity index (χ0v) is 16.0. The van der Waals surface area contributed by atoms with Crippen LogP contribution in [-0.2, 0) is 14.4 Å². The van der Waals surface area contributed by atoms with Gasteiger partial charge in [-0.25, -0.2) is 9.59 Å². The number of aliphatic hydroxyl groups is 1. The maximum atomic E-state index is 9.75. The van der Waals surface area contributed by atoms with Crippen LogP contribution in [0.4, 0.5) is 0 Å². The summed E-state index contributed by atoms with van der Waals surface area (Å²) in [7, 11) is 0. The lowest BCUT2D eigenvalue weighted by Crippen LogP contribution is -2.32. The molecule has 1 unspecified atom stereocenters. The third kappa shape index (κ3) is 11.3. The van der Waals surface area contributed by atoms with Gasteiger partial charge in [-0.2, -0.15) is 0 Å². The third-order valence-corrected chi connectivity index (χ3v) is 3.95. The molecular weight excluding hydrogens is 390 g/mol. The standard InChI is InChI=1S/C14H20ClN3O2.C4H4O4/c15-14(12-5-4-7-16-11-12)17-20-13(19)6-10-18-8-2-1-3-9-18;5-3(6)1-2-4(7)8/h4-5,7,11,13,19H,1-3,6,8-10H2;1-2H,(H,5,6)(H,7,8). The van der Waals surface area contributed by atoms with Crippen molar-refractivity contribution in [1.82, 2.24) is 9.88 Å². The zero-order valence-electron chi connectivity index (χ0n) is 15.3. The summed E-state index contributed by atoms with van der Waals surface area (Å²) in [6.07, 6.45) is 7.75. The van der Waals surface area contributed by atoms with Gasteiger partial charge in [0.1, 0.15) is 0 Å². The summed E-state index contributed by atoms with van der Waals surface area (Å²) < 4.78 is 0. The molecule has 0 aliphatic carbocycles. The first-order valence-corrected chi connectivity index (χ1v) is 9.10. The van der Waals surface area contributed by atoms with Crippen LogP contribution in [0.15, 0.2) is 41.8 Å². The molecule has 0 bridgehead atoms. The second-order valence-corrected chi connectivity index (χ2v) is 6.24. The van der Waals surface area contributed by atoms with Gasteiger partial charge in [-0.1, -0.05) is 23.2 Å². The Morgan fingerprint density at radius 1 is 1.25 bits per heavy atom. The fourth-order valence-corrected chi connectivity index (χ4v) is 2.47. The molecule has 2 heterocycles. The van der Waals surface area contributed by atoms with E-state index in [1.807, 2.05) is 0 Å². The minimum atomic E-state index is -1.26. The lowest BCUT2D eigenvalue weighted by atomic mass is 10.1. The van der Waals surface area contributed by atoms with E-state index in [0.717, 1.165) is 19.6 Å². The summed E-state index contributed by atoms with van der Waals surface area (Å²) in [5.41, 5.74) is 0.664. The number of nitrogens with zero attached hydrogens (tertiary/aromatic N) is 3. The number of likely N-dealkylation sites (tertiary alicyclic amines) is 1. The fraction of sp³-hybridized carbons (Fsp3) is 0.444. The first-order chi connectivity index (χ1) is 13.4. The number of aliphatic carboxylic acids is 2. The van der Waals surface area contributed by atoms with Gasteiger partial charge in [-0.15, -0.1) is 0 Å². The van der Waals surface area contributed by atoms with Crippen molar-refractivity contribution in [3.05, 3.63) is 42.2 Å². The molecule has 1 fully saturated rings. The molecule has 1 aromatic rings. The smallest absolute Gasteiger partial charge is 0.328 e. The van der Waals surface area contributed by atoms with Crippen LogP contribution >= 0.6 is 11.6 Å². The topological polar surface area (TPSA) is 133 Å². The van der Waals surface area contributed by atoms with Gasteiger partial charge in [0, 0.05) is 43.1 Å². The molecule has 0 spiro atoms. The minimum absolute atomic E-state index is 0.190. The SMILES string of the molecule is O=C(O)C=CC(=O)O.OC(CCN1CCCCC1)ON=C(Cl)c1cccnc1. The highest BCUT2D eigenvalue weighted by molar-refractivity contribution is 6.69. The molecule has 1 aromatic heterocycles. The van der Waals surface area contributed by atoms with E-state index in [1.165, 1.54) is 19.3 Å². The fourth-order valence-electron chi connectivity index (χ4n) is 2.32. The van der Waals surface area contributed by atoms with E-state index in [1.54, 1.807) is 24.5 Å². The van der Waals surface area contributed by atoms with Crippen molar-refractivity contribution in [2.45, 2.75) is 32.0 Å². The Balaban J connectivity index is 0.000000416. The highest BCUT2D eigenvalue weighted by Crippen LogP contribution is 2.10. The van der Waals surface area contributed by atoms with Crippen LogP contribution in [0.5, 0.6) is 0 Å². The molecule has 1 saturated heterocycles. The molecule has 3 N–H and O–H groups in total. The molecule has 0 aromatic carbocycles. The van der Waals surface area contributed by atoms with Gasteiger partial charge < -0.3 is 25.1 Å². The number of aliphatic hydroxyl groups excluding tert-OH is 1. The van der Waals surface area contributed by atoms with Crippen LogP contribution in [0.3, 0.4) is 0 Å². The highest BCUT2D eigenvalue weighted by atomic mass is 35.5. The number of hydrogen-bond acceptors (Lipinski definition) is 7. The van der Waals surface area contributed by atoms with E-state index < -0.39 is 18.2 Å². The van der Waals surface area contributed by atoms with Gasteiger partial charge in [0.2, 0.25) is 6.29 Å². The molecule has 1 aliphatic heterocycles. The number of aromatic nitrogens is 1. The van der Waals surface area contributed by atoms with Gasteiger partial charge in [0.05, 0.1) is 0 Å². The molecule has 0 radical (unpaired) electrons. The largest absolute Gasteiger partial charge is 0.478 e. The van der Waals surface area contributed by atoms with Crippen LogP contribution < -0.4 is 0 Å². The molecule has 154 valence electrons. The second-order valence-electron chi connectivity index (χ2n) is 5.88. The number of rotatable bonds is 8. The summed E-state index contributed by atoms with van der Waals surface area (Å²) >= 11 is 5.96. The Hall–Kier alpha value is -2.49. The quantitative estimate of drug-likeness (QED) is 0.255. The van der Waals surface area contributed by atoms with Crippen molar-refractivity contribution in [1.29, 1.82) is 0 Å². The second kappa shape index (κ2) is 13.6. The average molecular weight is 414 g/mol. The lowest BCUT2D eigenvalue weighted by molar-refractivity contribution is -0.134. The van der Waals surface area contributed by atoms with Crippen molar-refractivity contribution in [3.8, 4) is 0 Å². The van der Waals surface area contributed by atoms with Crippen LogP contribution in [-0.4, -0.2) is 68.2 Å². The van der Waals surface area contributed by atoms with E-state index in [4.69, 9.17) is 26.7 Å². The minimum Gasteiger partial charge on any atom is -0.478 e. The number of oxime groups is 1. The van der Waals surface area contributed by atoms with Crippen LogP contribution in [0.25, 0.3) is 0 Å². The van der Waals surface area contributed by atoms with Gasteiger partial charge in [-0.05, 0) is 38.1 Å². The number of hydrogen-bond donors (Lipinski definition) is 3. The molecule has 1 atom stereocenters. The maximum Gasteiger partial charge on any atom is 0.328 e. The monoisotopic (exact) mass is 413 g/mol. The van der Waals surface area contributed by atoms with Gasteiger partial charge in [0.15, 0.2) is 5.17 Å². The number of halogens is 1. The summed E-state index contributed by atoms with van der Waals surface area (Å²) in [6.45, 7) is 3.03. The Morgan fingerprint density at radius 2 is 1.89 bits per heavy atom. The number of pyridine rings is 1. The number of piperidine rings is 1. The van der Waals surface area contributed by atoms with E-state index in [0.29, 0.717) is 24.1 Å². The Morgan fingerprint density at radius 3 is 2.43 bits per heavy atom. The molecule has 0 saturated carbocycles. The lowest BCUT2D eigenvalue weighted by Gasteiger charge is -2.26. The predicted octanol–water partition coefficient (Wildman–Crippen LogP) is 1.90. The molecule has 1 aliphatic rings. The molecule has 0 amide bonds. The summed E-state index contributed by atoms with van der Waals surface area (Å²) in [5, 5.41) is 29.3. The molecule has 28 heavy (non-hydrogen) atoms. The predicted molar refractivity (Wildman–Crippen MR) is 103 cm³/mol. The van der Waals surface area contributed by atoms with Crippen LogP contribution in [0.2, 0.25) is 0 Å². The highest BCUT2D eigenvalue weighted by Gasteiger charge is 2.13. The van der Waals surface area contributed by atoms with Crippen LogP contribution in [0, 0.1) is 0 Å². The summed E-state index contributed by atoms with van der Waals surface area (Å²) in [6, 6.07) is 3.54. The van der Waals surface area contributed by atoms with Gasteiger partial charge in [-0.3, -0.25) is 4.98 Å². The van der Waals surface area contributed by atoms with Crippen molar-refractivity contribution in [3.63, 3.8) is 0 Å². The van der Waals surface area contributed by atoms with Crippen molar-refractivity contribution < 1.29 is 29.7 Å². The molecular formula is C18H24ClN3O6. The van der Waals surface area contributed by atoms with E-state index in [-0.39, 0.29) is 5.17 Å². The van der Waals surface area contributed by atoms with E-state index in [2.05, 4.69) is 15.0 Å². The van der Waals surface area contributed by atoms with Crippen molar-refractivity contribution in [2.75, 3.05) is 19.6 Å². The zero-order chi connectivity index (χ0) is 20.8. The normalized spacial score (nSPS) is 16.1. The van der Waals surface area contributed by atoms with E-state index >= 15 is 0 Å². The summed E-state index contributed by atoms with van der Waals surface area (Å²) in [5.74, 6) is -2.51. The Kier molecular flexibility index (Phi) is 11.5. The Labute approximate surface area is 167 Å². The van der Waals surface area contributed by atoms with Crippen LogP contribution in [0.1, 0.15) is 31.2 Å². The Bertz CT molecular complexity index is 647. The maximum absolute atomic E-state index is 9.75. The summed E-state index contributed by atoms with van der Waals surface area (Å²) in [4.78, 5) is 30.4. The average Bonchev–Trinajstić information content (AvgIpc) is 2.71. The first-order valence-electron chi connectivity index (χ1n) is 8.72. The number of carboxylic acid groups (broad SMARTS) is 2. The van der Waals surface area contributed by atoms with E-state index in [9.17, 15) is 14.7 Å². The third-order valence-electron chi connectivity index (χ3n) is 3.66.